The SMILES string of the molecule is CNC(=O)c1cc(OC(C)C)c(OC2CC2)cn1. The number of hydrogen-bond donors (Lipinski definition) is 1. The Labute approximate surface area is 107 Å². The molecule has 0 aliphatic heterocycles. The minimum atomic E-state index is -0.235. The van der Waals surface area contributed by atoms with Crippen molar-refractivity contribution in [2.45, 2.75) is 38.9 Å². The Balaban J connectivity index is 2.24. The van der Waals surface area contributed by atoms with Gasteiger partial charge in [0.1, 0.15) is 5.69 Å². The minimum absolute atomic E-state index is 0.0199. The van der Waals surface area contributed by atoms with Crippen molar-refractivity contribution in [3.8, 4) is 11.5 Å². The zero-order valence-corrected chi connectivity index (χ0v) is 10.9. The lowest BCUT2D eigenvalue weighted by Crippen LogP contribution is -2.19. The summed E-state index contributed by atoms with van der Waals surface area (Å²) in [5, 5.41) is 2.54. The highest BCUT2D eigenvalue weighted by Crippen LogP contribution is 2.33. The monoisotopic (exact) mass is 250 g/mol. The Morgan fingerprint density at radius 1 is 1.44 bits per heavy atom. The van der Waals surface area contributed by atoms with Crippen LogP contribution in [0.2, 0.25) is 0 Å². The van der Waals surface area contributed by atoms with Crippen LogP contribution in [0.15, 0.2) is 12.3 Å². The number of ether oxygens (including phenoxy) is 2. The number of aromatic nitrogens is 1. The van der Waals surface area contributed by atoms with E-state index >= 15 is 0 Å². The van der Waals surface area contributed by atoms with Crippen molar-refractivity contribution in [3.63, 3.8) is 0 Å². The molecule has 0 spiro atoms. The van der Waals surface area contributed by atoms with Gasteiger partial charge in [-0.05, 0) is 26.7 Å². The largest absolute Gasteiger partial charge is 0.487 e. The second-order valence-electron chi connectivity index (χ2n) is 4.58. The van der Waals surface area contributed by atoms with Gasteiger partial charge in [-0.3, -0.25) is 4.79 Å². The highest BCUT2D eigenvalue weighted by atomic mass is 16.5. The number of carbonyl (C=O) groups excluding carboxylic acids is 1. The van der Waals surface area contributed by atoms with E-state index in [4.69, 9.17) is 9.47 Å². The van der Waals surface area contributed by atoms with Gasteiger partial charge in [-0.25, -0.2) is 4.98 Å². The van der Waals surface area contributed by atoms with Crippen LogP contribution in [0.5, 0.6) is 11.5 Å². The first-order valence-electron chi connectivity index (χ1n) is 6.15. The summed E-state index contributed by atoms with van der Waals surface area (Å²) in [6.07, 6.45) is 3.98. The molecule has 1 aromatic rings. The third-order valence-electron chi connectivity index (χ3n) is 2.47. The second-order valence-corrected chi connectivity index (χ2v) is 4.58. The van der Waals surface area contributed by atoms with Crippen LogP contribution >= 0.6 is 0 Å². The van der Waals surface area contributed by atoms with Crippen molar-refractivity contribution in [2.24, 2.45) is 0 Å². The minimum Gasteiger partial charge on any atom is -0.487 e. The Kier molecular flexibility index (Phi) is 3.69. The molecule has 18 heavy (non-hydrogen) atoms. The zero-order chi connectivity index (χ0) is 13.1. The van der Waals surface area contributed by atoms with E-state index in [1.165, 1.54) is 0 Å². The van der Waals surface area contributed by atoms with Gasteiger partial charge in [-0.2, -0.15) is 0 Å². The molecular weight excluding hydrogens is 232 g/mol. The van der Waals surface area contributed by atoms with Crippen LogP contribution in [0.3, 0.4) is 0 Å². The van der Waals surface area contributed by atoms with Gasteiger partial charge in [0.2, 0.25) is 0 Å². The fourth-order valence-electron chi connectivity index (χ4n) is 1.48. The lowest BCUT2D eigenvalue weighted by Gasteiger charge is -2.15. The average molecular weight is 250 g/mol. The first-order valence-corrected chi connectivity index (χ1v) is 6.15. The normalized spacial score (nSPS) is 14.4. The molecule has 5 nitrogen and oxygen atoms in total. The van der Waals surface area contributed by atoms with Gasteiger partial charge in [0.25, 0.3) is 5.91 Å². The first kappa shape index (κ1) is 12.7. The van der Waals surface area contributed by atoms with Crippen molar-refractivity contribution < 1.29 is 14.3 Å². The van der Waals surface area contributed by atoms with Crippen LogP contribution in [0.1, 0.15) is 37.2 Å². The molecule has 1 saturated carbocycles. The molecule has 1 heterocycles. The highest BCUT2D eigenvalue weighted by molar-refractivity contribution is 5.92. The summed E-state index contributed by atoms with van der Waals surface area (Å²) in [4.78, 5) is 15.6. The van der Waals surface area contributed by atoms with Crippen LogP contribution in [-0.2, 0) is 0 Å². The van der Waals surface area contributed by atoms with E-state index in [-0.39, 0.29) is 18.1 Å². The van der Waals surface area contributed by atoms with Gasteiger partial charge in [-0.1, -0.05) is 0 Å². The molecule has 98 valence electrons. The number of pyridine rings is 1. The quantitative estimate of drug-likeness (QED) is 0.865. The number of nitrogens with one attached hydrogen (secondary N) is 1. The fraction of sp³-hybridized carbons (Fsp3) is 0.538. The molecule has 1 amide bonds. The Morgan fingerprint density at radius 2 is 2.17 bits per heavy atom. The van der Waals surface area contributed by atoms with Gasteiger partial charge in [-0.15, -0.1) is 0 Å². The molecular formula is C13H18N2O3. The molecule has 0 atom stereocenters. The Hall–Kier alpha value is -1.78. The molecule has 0 aromatic carbocycles. The van der Waals surface area contributed by atoms with Crippen molar-refractivity contribution in [1.82, 2.24) is 10.3 Å². The number of rotatable bonds is 5. The molecule has 1 aliphatic rings. The number of nitrogens with zero attached hydrogens (tertiary/aromatic N) is 1. The van der Waals surface area contributed by atoms with E-state index in [2.05, 4.69) is 10.3 Å². The van der Waals surface area contributed by atoms with E-state index in [1.54, 1.807) is 19.3 Å². The Morgan fingerprint density at radius 3 is 2.72 bits per heavy atom. The number of amides is 1. The lowest BCUT2D eigenvalue weighted by atomic mass is 10.3. The van der Waals surface area contributed by atoms with Crippen molar-refractivity contribution in [1.29, 1.82) is 0 Å². The van der Waals surface area contributed by atoms with Crippen molar-refractivity contribution in [3.05, 3.63) is 18.0 Å². The molecule has 1 aromatic heterocycles. The molecule has 5 heteroatoms. The van der Waals surface area contributed by atoms with Crippen LogP contribution in [0.25, 0.3) is 0 Å². The summed E-state index contributed by atoms with van der Waals surface area (Å²) in [6, 6.07) is 1.62. The van der Waals surface area contributed by atoms with Crippen LogP contribution in [0.4, 0.5) is 0 Å². The summed E-state index contributed by atoms with van der Waals surface area (Å²) >= 11 is 0. The van der Waals surface area contributed by atoms with Crippen LogP contribution in [0, 0.1) is 0 Å². The maximum Gasteiger partial charge on any atom is 0.269 e. The highest BCUT2D eigenvalue weighted by Gasteiger charge is 2.25. The molecule has 0 unspecified atom stereocenters. The topological polar surface area (TPSA) is 60.5 Å². The van der Waals surface area contributed by atoms with E-state index in [0.29, 0.717) is 17.2 Å². The molecule has 1 fully saturated rings. The predicted molar refractivity (Wildman–Crippen MR) is 67.0 cm³/mol. The lowest BCUT2D eigenvalue weighted by molar-refractivity contribution is 0.0957. The van der Waals surface area contributed by atoms with Gasteiger partial charge in [0.15, 0.2) is 11.5 Å². The standard InChI is InChI=1S/C13H18N2O3/c1-8(2)17-11-6-10(13(16)14-3)15-7-12(11)18-9-4-5-9/h6-9H,4-5H2,1-3H3,(H,14,16). The summed E-state index contributed by atoms with van der Waals surface area (Å²) in [5.41, 5.74) is 0.330. The molecule has 1 aliphatic carbocycles. The third-order valence-corrected chi connectivity index (χ3v) is 2.47. The third kappa shape index (κ3) is 3.12. The van der Waals surface area contributed by atoms with Crippen molar-refractivity contribution in [2.75, 3.05) is 7.05 Å². The predicted octanol–water partition coefficient (Wildman–Crippen LogP) is 1.77. The van der Waals surface area contributed by atoms with E-state index < -0.39 is 0 Å². The molecule has 2 rings (SSSR count). The second kappa shape index (κ2) is 5.25. The Bertz CT molecular complexity index is 442. The molecule has 0 radical (unpaired) electrons. The fourth-order valence-corrected chi connectivity index (χ4v) is 1.48. The van der Waals surface area contributed by atoms with Gasteiger partial charge < -0.3 is 14.8 Å². The smallest absolute Gasteiger partial charge is 0.269 e. The van der Waals surface area contributed by atoms with E-state index in [1.807, 2.05) is 13.8 Å². The van der Waals surface area contributed by atoms with Crippen molar-refractivity contribution >= 4 is 5.91 Å². The molecule has 0 bridgehead atoms. The van der Waals surface area contributed by atoms with E-state index in [9.17, 15) is 4.79 Å². The zero-order valence-electron chi connectivity index (χ0n) is 10.9. The molecule has 1 N–H and O–H groups in total. The summed E-state index contributed by atoms with van der Waals surface area (Å²) in [6.45, 7) is 3.86. The number of carbonyl (C=O) groups is 1. The van der Waals surface area contributed by atoms with Gasteiger partial charge in [0.05, 0.1) is 18.4 Å². The summed E-state index contributed by atoms with van der Waals surface area (Å²) < 4.78 is 11.4. The average Bonchev–Trinajstić information content (AvgIpc) is 3.13. The summed E-state index contributed by atoms with van der Waals surface area (Å²) in [7, 11) is 1.57. The first-order chi connectivity index (χ1) is 8.60. The maximum atomic E-state index is 11.5. The van der Waals surface area contributed by atoms with Gasteiger partial charge in [0, 0.05) is 13.1 Å². The number of hydrogen-bond acceptors (Lipinski definition) is 4. The maximum absolute atomic E-state index is 11.5. The van der Waals surface area contributed by atoms with Crippen LogP contribution in [-0.4, -0.2) is 30.1 Å². The van der Waals surface area contributed by atoms with Gasteiger partial charge >= 0.3 is 0 Å². The molecule has 0 saturated heterocycles. The van der Waals surface area contributed by atoms with E-state index in [0.717, 1.165) is 12.8 Å². The van der Waals surface area contributed by atoms with Crippen LogP contribution < -0.4 is 14.8 Å². The summed E-state index contributed by atoms with van der Waals surface area (Å²) in [5.74, 6) is 0.950.